The van der Waals surface area contributed by atoms with Crippen molar-refractivity contribution < 1.29 is 14.4 Å². The minimum Gasteiger partial charge on any atom is -0.298 e. The quantitative estimate of drug-likeness (QED) is 0.137. The highest BCUT2D eigenvalue weighted by Gasteiger charge is 2.27. The third-order valence-electron chi connectivity index (χ3n) is 8.25. The highest BCUT2D eigenvalue weighted by molar-refractivity contribution is 6.23. The fourth-order valence-corrected chi connectivity index (χ4v) is 6.23. The van der Waals surface area contributed by atoms with E-state index in [0.29, 0.717) is 11.1 Å². The lowest BCUT2D eigenvalue weighted by Gasteiger charge is -2.30. The number of benzene rings is 4. The number of Topliss-reactive ketones (excluding diaryl/α,β-unsaturated/α-hetero) is 1. The Morgan fingerprint density at radius 2 is 1.43 bits per heavy atom. The van der Waals surface area contributed by atoms with Crippen LogP contribution < -0.4 is 0 Å². The number of hydrogen-bond acceptors (Lipinski definition) is 3. The first-order valence-corrected chi connectivity index (χ1v) is 14.3. The van der Waals surface area contributed by atoms with E-state index in [-0.39, 0.29) is 17.0 Å². The van der Waals surface area contributed by atoms with E-state index in [2.05, 4.69) is 38.1 Å². The molecule has 0 bridgehead atoms. The van der Waals surface area contributed by atoms with Gasteiger partial charge in [0.05, 0.1) is 0 Å². The van der Waals surface area contributed by atoms with E-state index in [1.807, 2.05) is 67.6 Å². The topological polar surface area (TPSA) is 51.2 Å². The number of rotatable bonds is 6. The Morgan fingerprint density at radius 1 is 0.810 bits per heavy atom. The summed E-state index contributed by atoms with van der Waals surface area (Å²) in [6, 6.07) is 23.5. The molecule has 0 saturated carbocycles. The third kappa shape index (κ3) is 5.26. The fourth-order valence-electron chi connectivity index (χ4n) is 6.23. The van der Waals surface area contributed by atoms with E-state index in [4.69, 9.17) is 0 Å². The normalized spacial score (nSPS) is 17.5. The van der Waals surface area contributed by atoms with Gasteiger partial charge < -0.3 is 0 Å². The molecule has 0 aliphatic heterocycles. The molecule has 3 heteroatoms. The summed E-state index contributed by atoms with van der Waals surface area (Å²) in [5.74, 6) is -0.131. The van der Waals surface area contributed by atoms with Crippen molar-refractivity contribution in [3.8, 4) is 0 Å². The van der Waals surface area contributed by atoms with Crippen molar-refractivity contribution >= 4 is 45.0 Å². The van der Waals surface area contributed by atoms with Crippen LogP contribution in [0.15, 0.2) is 126 Å². The Kier molecular flexibility index (Phi) is 7.04. The summed E-state index contributed by atoms with van der Waals surface area (Å²) in [5, 5.41) is 4.06. The van der Waals surface area contributed by atoms with Gasteiger partial charge >= 0.3 is 0 Å². The van der Waals surface area contributed by atoms with Gasteiger partial charge in [0.2, 0.25) is 0 Å². The van der Waals surface area contributed by atoms with Crippen LogP contribution in [-0.2, 0) is 0 Å². The highest BCUT2D eigenvalue weighted by atomic mass is 16.1. The molecule has 0 saturated heterocycles. The number of aldehydes is 1. The molecule has 0 N–H and O–H groups in total. The van der Waals surface area contributed by atoms with E-state index < -0.39 is 0 Å². The average molecular weight is 549 g/mol. The highest BCUT2D eigenvalue weighted by Crippen LogP contribution is 2.40. The van der Waals surface area contributed by atoms with Crippen LogP contribution in [0.5, 0.6) is 0 Å². The molecule has 0 aromatic heterocycles. The van der Waals surface area contributed by atoms with E-state index in [9.17, 15) is 14.4 Å². The Morgan fingerprint density at radius 3 is 2.10 bits per heavy atom. The van der Waals surface area contributed by atoms with Crippen molar-refractivity contribution in [2.24, 2.45) is 5.41 Å². The van der Waals surface area contributed by atoms with E-state index >= 15 is 0 Å². The molecule has 0 amide bonds. The van der Waals surface area contributed by atoms with Crippen LogP contribution in [0.1, 0.15) is 70.3 Å². The average Bonchev–Trinajstić information content (AvgIpc) is 3.21. The summed E-state index contributed by atoms with van der Waals surface area (Å²) in [6.45, 7) is 6.49. The number of allylic oxidation sites excluding steroid dienone is 10. The summed E-state index contributed by atoms with van der Waals surface area (Å²) in [7, 11) is 0. The first kappa shape index (κ1) is 27.3. The molecule has 0 spiro atoms. The zero-order valence-corrected chi connectivity index (χ0v) is 24.1. The number of ketones is 2. The molecule has 0 atom stereocenters. The lowest BCUT2D eigenvalue weighted by molar-refractivity contribution is 0.103. The number of carbonyl (C=O) groups is 3. The van der Waals surface area contributed by atoms with Gasteiger partial charge in [0.15, 0.2) is 17.9 Å². The molecule has 206 valence electrons. The number of hydrogen-bond donors (Lipinski definition) is 0. The van der Waals surface area contributed by atoms with Crippen molar-refractivity contribution in [3.05, 3.63) is 148 Å². The Balaban J connectivity index is 1.25. The van der Waals surface area contributed by atoms with Crippen molar-refractivity contribution in [1.82, 2.24) is 0 Å². The second-order valence-corrected chi connectivity index (χ2v) is 12.1. The molecule has 42 heavy (non-hydrogen) atoms. The van der Waals surface area contributed by atoms with Crippen LogP contribution in [0.25, 0.3) is 27.1 Å². The SMILES string of the molecule is CC1=C(/C=C/C2=CC(=C/C=C/C(=O)c3cc4ccccc4cc3C=O)/CC(C)(C)C2)C(=O)c2cc3ccccc3cc21. The molecule has 3 nitrogen and oxygen atoms in total. The summed E-state index contributed by atoms with van der Waals surface area (Å²) in [5.41, 5.74) is 6.61. The lowest BCUT2D eigenvalue weighted by Crippen LogP contribution is -2.16. The Bertz CT molecular complexity index is 1960. The first-order chi connectivity index (χ1) is 20.2. The van der Waals surface area contributed by atoms with E-state index in [0.717, 1.165) is 74.1 Å². The van der Waals surface area contributed by atoms with Gasteiger partial charge in [0.1, 0.15) is 0 Å². The molecule has 0 unspecified atom stereocenters. The summed E-state index contributed by atoms with van der Waals surface area (Å²) in [4.78, 5) is 38.1. The number of fused-ring (bicyclic) bond motifs is 3. The Labute approximate surface area is 246 Å². The van der Waals surface area contributed by atoms with Gasteiger partial charge in [0.25, 0.3) is 0 Å². The maximum Gasteiger partial charge on any atom is 0.193 e. The number of carbonyl (C=O) groups excluding carboxylic acids is 3. The maximum atomic E-state index is 13.4. The molecular formula is C39H32O3. The second-order valence-electron chi connectivity index (χ2n) is 12.1. The molecule has 6 rings (SSSR count). The molecule has 0 fully saturated rings. The van der Waals surface area contributed by atoms with Crippen LogP contribution >= 0.6 is 0 Å². The standard InChI is InChI=1S/C39H32O3/c1-25-33(38(42)36-21-31-13-7-6-11-29(31)19-34(25)36)16-15-27-17-26(22-39(2,3)23-27)9-8-14-37(41)35-20-30-12-5-4-10-28(30)18-32(35)24-40/h4-21,24H,22-23H2,1-3H3/b14-8+,16-15+,26-9-. The predicted molar refractivity (Wildman–Crippen MR) is 172 cm³/mol. The third-order valence-corrected chi connectivity index (χ3v) is 8.25. The van der Waals surface area contributed by atoms with Gasteiger partial charge in [-0.3, -0.25) is 14.4 Å². The minimum atomic E-state index is -0.201. The smallest absolute Gasteiger partial charge is 0.193 e. The fraction of sp³-hybridized carbons (Fsp3) is 0.154. The summed E-state index contributed by atoms with van der Waals surface area (Å²) in [6.07, 6.45) is 14.0. The zero-order chi connectivity index (χ0) is 29.4. The largest absolute Gasteiger partial charge is 0.298 e. The van der Waals surface area contributed by atoms with Gasteiger partial charge in [-0.25, -0.2) is 0 Å². The van der Waals surface area contributed by atoms with Gasteiger partial charge in [-0.05, 0) is 99.3 Å². The molecule has 2 aliphatic rings. The Hall–Kier alpha value is -4.89. The molecule has 0 radical (unpaired) electrons. The molecule has 4 aromatic carbocycles. The molecular weight excluding hydrogens is 516 g/mol. The molecule has 2 aliphatic carbocycles. The van der Waals surface area contributed by atoms with Crippen molar-refractivity contribution in [3.63, 3.8) is 0 Å². The van der Waals surface area contributed by atoms with Crippen LogP contribution in [0.4, 0.5) is 0 Å². The van der Waals surface area contributed by atoms with Gasteiger partial charge in [0, 0.05) is 22.3 Å². The maximum absolute atomic E-state index is 13.4. The van der Waals surface area contributed by atoms with Gasteiger partial charge in [-0.15, -0.1) is 0 Å². The molecule has 4 aromatic rings. The van der Waals surface area contributed by atoms with E-state index in [1.54, 1.807) is 18.2 Å². The van der Waals surface area contributed by atoms with Crippen LogP contribution in [-0.4, -0.2) is 17.9 Å². The van der Waals surface area contributed by atoms with Crippen LogP contribution in [0.2, 0.25) is 0 Å². The van der Waals surface area contributed by atoms with E-state index in [1.165, 1.54) is 6.08 Å². The summed E-state index contributed by atoms with van der Waals surface area (Å²) < 4.78 is 0. The first-order valence-electron chi connectivity index (χ1n) is 14.3. The van der Waals surface area contributed by atoms with Crippen molar-refractivity contribution in [2.75, 3.05) is 0 Å². The second kappa shape index (κ2) is 10.8. The zero-order valence-electron chi connectivity index (χ0n) is 24.1. The predicted octanol–water partition coefficient (Wildman–Crippen LogP) is 9.44. The van der Waals surface area contributed by atoms with Crippen molar-refractivity contribution in [1.29, 1.82) is 0 Å². The monoisotopic (exact) mass is 548 g/mol. The lowest BCUT2D eigenvalue weighted by atomic mass is 9.75. The minimum absolute atomic E-state index is 0.0327. The van der Waals surface area contributed by atoms with Gasteiger partial charge in [-0.2, -0.15) is 0 Å². The van der Waals surface area contributed by atoms with Crippen LogP contribution in [0.3, 0.4) is 0 Å². The van der Waals surface area contributed by atoms with Crippen molar-refractivity contribution in [2.45, 2.75) is 33.6 Å². The summed E-state index contributed by atoms with van der Waals surface area (Å²) >= 11 is 0. The molecule has 0 heterocycles. The van der Waals surface area contributed by atoms with Gasteiger partial charge in [-0.1, -0.05) is 92.8 Å². The van der Waals surface area contributed by atoms with Crippen LogP contribution in [0, 0.1) is 5.41 Å².